The van der Waals surface area contributed by atoms with Crippen molar-refractivity contribution in [1.82, 2.24) is 10.2 Å². The van der Waals surface area contributed by atoms with Gasteiger partial charge in [-0.15, -0.1) is 0 Å². The average Bonchev–Trinajstić information content (AvgIpc) is 2.16. The summed E-state index contributed by atoms with van der Waals surface area (Å²) in [5, 5.41) is 3.20. The molecule has 2 aliphatic rings. The Kier molecular flexibility index (Phi) is 3.34. The van der Waals surface area contributed by atoms with E-state index < -0.39 is 0 Å². The van der Waals surface area contributed by atoms with Gasteiger partial charge in [0.15, 0.2) is 0 Å². The van der Waals surface area contributed by atoms with Crippen LogP contribution < -0.4 is 5.32 Å². The van der Waals surface area contributed by atoms with E-state index in [2.05, 4.69) is 5.32 Å². The normalized spacial score (nSPS) is 23.3. The van der Waals surface area contributed by atoms with E-state index in [-0.39, 0.29) is 18.6 Å². The molecule has 2 heterocycles. The lowest BCUT2D eigenvalue weighted by Gasteiger charge is -2.30. The molecule has 0 aromatic heterocycles. The summed E-state index contributed by atoms with van der Waals surface area (Å²) in [6.45, 7) is 4.83. The second-order valence-corrected chi connectivity index (χ2v) is 3.60. The number of nitrogens with zero attached hydrogens (tertiary/aromatic N) is 1. The van der Waals surface area contributed by atoms with E-state index in [1.807, 2.05) is 4.90 Å². The summed E-state index contributed by atoms with van der Waals surface area (Å²) in [6.07, 6.45) is 0.141. The number of ether oxygens (including phenoxy) is 2. The second-order valence-electron chi connectivity index (χ2n) is 3.60. The van der Waals surface area contributed by atoms with Gasteiger partial charge >= 0.3 is 0 Å². The zero-order valence-corrected chi connectivity index (χ0v) is 8.20. The average molecular weight is 200 g/mol. The first-order chi connectivity index (χ1) is 6.86. The fraction of sp³-hybridized carbons (Fsp3) is 0.889. The van der Waals surface area contributed by atoms with Crippen molar-refractivity contribution >= 4 is 5.91 Å². The molecular formula is C9H16N2O3. The predicted octanol–water partition coefficient (Wildman–Crippen LogP) is -1.17. The van der Waals surface area contributed by atoms with Crippen molar-refractivity contribution in [3.8, 4) is 0 Å². The lowest BCUT2D eigenvalue weighted by Crippen LogP contribution is -2.48. The Bertz CT molecular complexity index is 200. The van der Waals surface area contributed by atoms with Crippen molar-refractivity contribution < 1.29 is 14.3 Å². The summed E-state index contributed by atoms with van der Waals surface area (Å²) in [4.78, 5) is 13.4. The molecule has 2 saturated heterocycles. The zero-order chi connectivity index (χ0) is 9.80. The lowest BCUT2D eigenvalue weighted by molar-refractivity contribution is -0.156. The molecule has 5 heteroatoms. The quantitative estimate of drug-likeness (QED) is 0.624. The van der Waals surface area contributed by atoms with Gasteiger partial charge in [0.1, 0.15) is 12.7 Å². The zero-order valence-electron chi connectivity index (χ0n) is 8.20. The molecule has 0 bridgehead atoms. The summed E-state index contributed by atoms with van der Waals surface area (Å²) in [7, 11) is 0. The Morgan fingerprint density at radius 2 is 2.14 bits per heavy atom. The number of piperazine rings is 1. The number of amides is 1. The summed E-state index contributed by atoms with van der Waals surface area (Å²) in [5.41, 5.74) is 0. The molecule has 80 valence electrons. The Morgan fingerprint density at radius 3 is 2.71 bits per heavy atom. The van der Waals surface area contributed by atoms with Crippen LogP contribution in [-0.2, 0) is 14.3 Å². The number of carbonyl (C=O) groups is 1. The number of hydrogen-bond acceptors (Lipinski definition) is 4. The van der Waals surface area contributed by atoms with Crippen LogP contribution in [-0.4, -0.2) is 62.9 Å². The minimum Gasteiger partial charge on any atom is -0.376 e. The first-order valence-electron chi connectivity index (χ1n) is 5.04. The smallest absolute Gasteiger partial charge is 0.248 e. The fourth-order valence-electron chi connectivity index (χ4n) is 1.50. The topological polar surface area (TPSA) is 50.8 Å². The highest BCUT2D eigenvalue weighted by atomic mass is 16.6. The van der Waals surface area contributed by atoms with E-state index in [1.165, 1.54) is 0 Å². The van der Waals surface area contributed by atoms with E-state index in [0.717, 1.165) is 26.2 Å². The van der Waals surface area contributed by atoms with Gasteiger partial charge in [-0.2, -0.15) is 0 Å². The first kappa shape index (κ1) is 9.89. The summed E-state index contributed by atoms with van der Waals surface area (Å²) < 4.78 is 10.3. The minimum absolute atomic E-state index is 0.0957. The van der Waals surface area contributed by atoms with Gasteiger partial charge in [-0.05, 0) is 0 Å². The van der Waals surface area contributed by atoms with Crippen LogP contribution in [0.3, 0.4) is 0 Å². The number of carbonyl (C=O) groups excluding carboxylic acids is 1. The van der Waals surface area contributed by atoms with Crippen LogP contribution >= 0.6 is 0 Å². The van der Waals surface area contributed by atoms with Crippen LogP contribution in [0.4, 0.5) is 0 Å². The van der Waals surface area contributed by atoms with Crippen molar-refractivity contribution in [3.63, 3.8) is 0 Å². The van der Waals surface area contributed by atoms with E-state index in [4.69, 9.17) is 9.47 Å². The Labute approximate surface area is 83.3 Å². The van der Waals surface area contributed by atoms with Gasteiger partial charge in [-0.3, -0.25) is 4.79 Å². The highest BCUT2D eigenvalue weighted by Gasteiger charge is 2.22. The van der Waals surface area contributed by atoms with Crippen LogP contribution in [0.15, 0.2) is 0 Å². The van der Waals surface area contributed by atoms with Gasteiger partial charge in [0.25, 0.3) is 0 Å². The van der Waals surface area contributed by atoms with Crippen molar-refractivity contribution in [2.45, 2.75) is 6.10 Å². The third-order valence-electron chi connectivity index (χ3n) is 2.52. The van der Waals surface area contributed by atoms with Gasteiger partial charge in [0.05, 0.1) is 13.2 Å². The summed E-state index contributed by atoms with van der Waals surface area (Å²) in [6, 6.07) is 0. The summed E-state index contributed by atoms with van der Waals surface area (Å²) >= 11 is 0. The van der Waals surface area contributed by atoms with Crippen LogP contribution in [0.25, 0.3) is 0 Å². The minimum atomic E-state index is 0.0957. The third kappa shape index (κ3) is 2.43. The molecule has 1 N–H and O–H groups in total. The molecule has 2 fully saturated rings. The standard InChI is InChI=1S/C9H16N2O3/c12-9(7-14-8-5-13-6-8)11-3-1-10-2-4-11/h8,10H,1-7H2. The van der Waals surface area contributed by atoms with Gasteiger partial charge in [0, 0.05) is 26.2 Å². The van der Waals surface area contributed by atoms with Crippen molar-refractivity contribution in [2.75, 3.05) is 46.0 Å². The van der Waals surface area contributed by atoms with Gasteiger partial charge in [-0.25, -0.2) is 0 Å². The van der Waals surface area contributed by atoms with Gasteiger partial charge < -0.3 is 19.7 Å². The maximum absolute atomic E-state index is 11.6. The molecule has 0 saturated carbocycles. The fourth-order valence-corrected chi connectivity index (χ4v) is 1.50. The van der Waals surface area contributed by atoms with E-state index in [9.17, 15) is 4.79 Å². The molecule has 0 radical (unpaired) electrons. The maximum Gasteiger partial charge on any atom is 0.248 e. The van der Waals surface area contributed by atoms with Crippen molar-refractivity contribution in [2.24, 2.45) is 0 Å². The van der Waals surface area contributed by atoms with Crippen LogP contribution in [0.5, 0.6) is 0 Å². The molecule has 0 aromatic carbocycles. The lowest BCUT2D eigenvalue weighted by atomic mass is 10.3. The third-order valence-corrected chi connectivity index (χ3v) is 2.52. The molecule has 1 amide bonds. The monoisotopic (exact) mass is 200 g/mol. The highest BCUT2D eigenvalue weighted by molar-refractivity contribution is 5.77. The Morgan fingerprint density at radius 1 is 1.43 bits per heavy atom. The summed E-state index contributed by atoms with van der Waals surface area (Å²) in [5.74, 6) is 0.0957. The molecule has 0 aromatic rings. The van der Waals surface area contributed by atoms with Crippen molar-refractivity contribution in [3.05, 3.63) is 0 Å². The van der Waals surface area contributed by atoms with Gasteiger partial charge in [-0.1, -0.05) is 0 Å². The number of nitrogens with one attached hydrogen (secondary N) is 1. The second kappa shape index (κ2) is 4.72. The van der Waals surface area contributed by atoms with Crippen LogP contribution in [0, 0.1) is 0 Å². The molecular weight excluding hydrogens is 184 g/mol. The molecule has 5 nitrogen and oxygen atoms in total. The molecule has 0 atom stereocenters. The highest BCUT2D eigenvalue weighted by Crippen LogP contribution is 2.05. The largest absolute Gasteiger partial charge is 0.376 e. The molecule has 0 aliphatic carbocycles. The molecule has 2 aliphatic heterocycles. The van der Waals surface area contributed by atoms with Crippen LogP contribution in [0.2, 0.25) is 0 Å². The molecule has 0 spiro atoms. The molecule has 14 heavy (non-hydrogen) atoms. The van der Waals surface area contributed by atoms with E-state index in [1.54, 1.807) is 0 Å². The molecule has 2 rings (SSSR count). The predicted molar refractivity (Wildman–Crippen MR) is 50.0 cm³/mol. The number of rotatable bonds is 3. The van der Waals surface area contributed by atoms with E-state index >= 15 is 0 Å². The van der Waals surface area contributed by atoms with Crippen LogP contribution in [0.1, 0.15) is 0 Å². The van der Waals surface area contributed by atoms with Crippen molar-refractivity contribution in [1.29, 1.82) is 0 Å². The number of hydrogen-bond donors (Lipinski definition) is 1. The van der Waals surface area contributed by atoms with Gasteiger partial charge in [0.2, 0.25) is 5.91 Å². The maximum atomic E-state index is 11.6. The first-order valence-corrected chi connectivity index (χ1v) is 5.04. The van der Waals surface area contributed by atoms with E-state index in [0.29, 0.717) is 13.2 Å². The molecule has 0 unspecified atom stereocenters. The Hall–Kier alpha value is -0.650. The Balaban J connectivity index is 1.65. The SMILES string of the molecule is O=C(COC1COC1)N1CCNCC1.